The zero-order chi connectivity index (χ0) is 29.7. The number of carbonyl (C=O) groups is 1. The monoisotopic (exact) mass is 638 g/mol. The van der Waals surface area contributed by atoms with Crippen molar-refractivity contribution in [3.8, 4) is 23.1 Å². The summed E-state index contributed by atoms with van der Waals surface area (Å²) in [6.45, 7) is 9.49. The summed E-state index contributed by atoms with van der Waals surface area (Å²) in [7, 11) is 0.554. The van der Waals surface area contributed by atoms with Crippen LogP contribution in [0.5, 0.6) is 5.75 Å². The van der Waals surface area contributed by atoms with E-state index in [2.05, 4.69) is 56.8 Å². The van der Waals surface area contributed by atoms with Crippen molar-refractivity contribution in [3.05, 3.63) is 81.2 Å². The first kappa shape index (κ1) is 30.3. The van der Waals surface area contributed by atoms with Crippen molar-refractivity contribution in [3.63, 3.8) is 0 Å². The molecular weight excluding hydrogens is 607 g/mol. The van der Waals surface area contributed by atoms with Gasteiger partial charge in [0.05, 0.1) is 17.6 Å². The predicted octanol–water partition coefficient (Wildman–Crippen LogP) is 6.31. The normalized spacial score (nSPS) is 12.2. The maximum atomic E-state index is 14.6. The van der Waals surface area contributed by atoms with E-state index in [1.54, 1.807) is 40.8 Å². The van der Waals surface area contributed by atoms with Gasteiger partial charge in [-0.1, -0.05) is 25.7 Å². The van der Waals surface area contributed by atoms with E-state index in [9.17, 15) is 14.4 Å². The third kappa shape index (κ3) is 7.55. The zero-order valence-electron chi connectivity index (χ0n) is 23.7. The maximum absolute atomic E-state index is 14.6. The molecule has 9 nitrogen and oxygen atoms in total. The fraction of sp³-hybridized carbons (Fsp3) is 0.345. The van der Waals surface area contributed by atoms with Gasteiger partial charge in [0.2, 0.25) is 0 Å². The Hall–Kier alpha value is -3.66. The van der Waals surface area contributed by atoms with Gasteiger partial charge in [-0.2, -0.15) is 15.5 Å². The molecule has 4 rings (SSSR count). The average Bonchev–Trinajstić information content (AvgIpc) is 3.48. The lowest BCUT2D eigenvalue weighted by atomic mass is 9.96. The Kier molecular flexibility index (Phi) is 9.52. The molecule has 0 fully saturated rings. The number of hydrogen-bond acceptors (Lipinski definition) is 7. The fourth-order valence-corrected chi connectivity index (χ4v) is 5.45. The molecule has 0 saturated carbocycles. The molecule has 214 valence electrons. The Balaban J connectivity index is 1.62. The molecule has 0 aliphatic carbocycles. The van der Waals surface area contributed by atoms with Crippen LogP contribution in [0.15, 0.2) is 47.2 Å². The Morgan fingerprint density at radius 1 is 1.22 bits per heavy atom. The summed E-state index contributed by atoms with van der Waals surface area (Å²) < 4.78 is 30.5. The van der Waals surface area contributed by atoms with Crippen LogP contribution in [0.4, 0.5) is 4.39 Å². The summed E-state index contributed by atoms with van der Waals surface area (Å²) in [6, 6.07) is 11.1. The van der Waals surface area contributed by atoms with Gasteiger partial charge < -0.3 is 9.47 Å². The molecule has 0 saturated heterocycles. The summed E-state index contributed by atoms with van der Waals surface area (Å²) in [5.74, 6) is -0.101. The number of rotatable bonds is 12. The molecule has 0 spiro atoms. The second kappa shape index (κ2) is 12.9. The number of nitriles is 1. The van der Waals surface area contributed by atoms with E-state index in [0.29, 0.717) is 57.7 Å². The van der Waals surface area contributed by atoms with Crippen LogP contribution in [0.1, 0.15) is 46.0 Å². The highest BCUT2D eigenvalue weighted by atomic mass is 79.9. The maximum Gasteiger partial charge on any atom is 0.172 e. The van der Waals surface area contributed by atoms with Gasteiger partial charge in [-0.3, -0.25) is 9.48 Å². The van der Waals surface area contributed by atoms with Crippen LogP contribution in [-0.4, -0.2) is 45.5 Å². The molecule has 41 heavy (non-hydrogen) atoms. The van der Waals surface area contributed by atoms with Gasteiger partial charge in [-0.05, 0) is 53.2 Å². The Morgan fingerprint density at radius 2 is 2.00 bits per heavy atom. The number of aldehydes is 1. The summed E-state index contributed by atoms with van der Waals surface area (Å²) in [5.41, 5.74) is 4.03. The summed E-state index contributed by atoms with van der Waals surface area (Å²) in [5, 5.41) is 18.7. The number of carbonyl (C=O) groups excluding carboxylic acids is 1. The van der Waals surface area contributed by atoms with Crippen LogP contribution in [0.2, 0.25) is 25.7 Å². The second-order valence-electron chi connectivity index (χ2n) is 10.9. The molecule has 0 amide bonds. The Morgan fingerprint density at radius 3 is 2.71 bits per heavy atom. The zero-order valence-corrected chi connectivity index (χ0v) is 26.3. The van der Waals surface area contributed by atoms with E-state index < -0.39 is 20.0 Å². The first-order valence-corrected chi connectivity index (χ1v) is 17.6. The fourth-order valence-electron chi connectivity index (χ4n) is 4.39. The van der Waals surface area contributed by atoms with Crippen LogP contribution < -0.4 is 4.74 Å². The number of halogens is 2. The van der Waals surface area contributed by atoms with Gasteiger partial charge in [0.1, 0.15) is 41.9 Å². The van der Waals surface area contributed by atoms with E-state index in [1.807, 2.05) is 6.92 Å². The van der Waals surface area contributed by atoms with Crippen LogP contribution in [0.3, 0.4) is 0 Å². The van der Waals surface area contributed by atoms with Crippen molar-refractivity contribution in [2.45, 2.75) is 51.9 Å². The molecule has 12 heteroatoms. The van der Waals surface area contributed by atoms with Crippen LogP contribution in [0.25, 0.3) is 11.3 Å². The number of ether oxygens (including phenoxy) is 2. The average molecular weight is 640 g/mol. The third-order valence-corrected chi connectivity index (χ3v) is 8.65. The SMILES string of the molecule is CC(Oc1cc(Br)cnc1C=O)c1ccc(F)cc1-c1c(Cc2cc(C#N)n(COCC[Si](C)(C)C)n2)cnn1C. The van der Waals surface area contributed by atoms with Gasteiger partial charge in [0, 0.05) is 55.5 Å². The lowest BCUT2D eigenvalue weighted by molar-refractivity contribution is 0.0777. The van der Waals surface area contributed by atoms with Gasteiger partial charge in [0.25, 0.3) is 0 Å². The molecule has 0 aliphatic rings. The minimum Gasteiger partial charge on any atom is -0.484 e. The molecule has 3 heterocycles. The molecule has 1 aromatic carbocycles. The molecule has 0 aliphatic heterocycles. The minimum absolute atomic E-state index is 0.165. The first-order chi connectivity index (χ1) is 19.5. The van der Waals surface area contributed by atoms with E-state index in [4.69, 9.17) is 9.47 Å². The summed E-state index contributed by atoms with van der Waals surface area (Å²) in [6.07, 6.45) is 3.68. The highest BCUT2D eigenvalue weighted by Gasteiger charge is 2.22. The van der Waals surface area contributed by atoms with Crippen molar-refractivity contribution < 1.29 is 18.7 Å². The number of nitrogens with zero attached hydrogens (tertiary/aromatic N) is 6. The highest BCUT2D eigenvalue weighted by molar-refractivity contribution is 9.10. The van der Waals surface area contributed by atoms with Gasteiger partial charge in [0.15, 0.2) is 6.29 Å². The van der Waals surface area contributed by atoms with E-state index in [-0.39, 0.29) is 12.4 Å². The van der Waals surface area contributed by atoms with Crippen molar-refractivity contribution >= 4 is 30.3 Å². The number of benzene rings is 1. The Bertz CT molecular complexity index is 1590. The topological polar surface area (TPSA) is 108 Å². The molecule has 0 radical (unpaired) electrons. The van der Waals surface area contributed by atoms with Gasteiger partial charge in [-0.25, -0.2) is 14.1 Å². The smallest absolute Gasteiger partial charge is 0.172 e. The molecular formula is C29H32BrFN6O3Si. The Labute approximate surface area is 248 Å². The van der Waals surface area contributed by atoms with Gasteiger partial charge in [-0.15, -0.1) is 0 Å². The van der Waals surface area contributed by atoms with Crippen molar-refractivity contribution in [2.75, 3.05) is 6.61 Å². The number of hydrogen-bond donors (Lipinski definition) is 0. The molecule has 4 aromatic rings. The standard InChI is InChI=1S/C29H32BrFN6O3Si/c1-19(40-28-11-21(30)16-33-27(28)17-38)25-7-6-22(31)12-26(25)29-20(15-34-36(29)2)10-23-13-24(14-32)37(35-23)18-39-8-9-41(3,4)5/h6-7,11-13,15-17,19H,8-10,18H2,1-5H3. The molecule has 3 aromatic heterocycles. The van der Waals surface area contributed by atoms with E-state index >= 15 is 0 Å². The van der Waals surface area contributed by atoms with Crippen molar-refractivity contribution in [1.82, 2.24) is 24.5 Å². The lowest BCUT2D eigenvalue weighted by Gasteiger charge is -2.20. The number of aromatic nitrogens is 5. The van der Waals surface area contributed by atoms with Crippen molar-refractivity contribution in [1.29, 1.82) is 5.26 Å². The number of pyridine rings is 1. The predicted molar refractivity (Wildman–Crippen MR) is 159 cm³/mol. The summed E-state index contributed by atoms with van der Waals surface area (Å²) in [4.78, 5) is 15.6. The lowest BCUT2D eigenvalue weighted by Crippen LogP contribution is -2.22. The molecule has 0 N–H and O–H groups in total. The van der Waals surface area contributed by atoms with Gasteiger partial charge >= 0.3 is 0 Å². The quantitative estimate of drug-likeness (QED) is 0.102. The minimum atomic E-state index is -1.23. The van der Waals surface area contributed by atoms with Crippen LogP contribution in [0, 0.1) is 17.1 Å². The molecule has 1 atom stereocenters. The largest absolute Gasteiger partial charge is 0.484 e. The number of aryl methyl sites for hydroxylation is 1. The second-order valence-corrected chi connectivity index (χ2v) is 17.5. The van der Waals surface area contributed by atoms with Crippen molar-refractivity contribution in [2.24, 2.45) is 7.05 Å². The van der Waals surface area contributed by atoms with Crippen LogP contribution >= 0.6 is 15.9 Å². The highest BCUT2D eigenvalue weighted by Crippen LogP contribution is 2.35. The van der Waals surface area contributed by atoms with Crippen LogP contribution in [-0.2, 0) is 24.9 Å². The van der Waals surface area contributed by atoms with E-state index in [1.165, 1.54) is 18.3 Å². The first-order valence-electron chi connectivity index (χ1n) is 13.1. The molecule has 1 unspecified atom stereocenters. The summed E-state index contributed by atoms with van der Waals surface area (Å²) >= 11 is 3.36. The third-order valence-electron chi connectivity index (χ3n) is 6.51. The van der Waals surface area contributed by atoms with E-state index in [0.717, 1.165) is 11.6 Å². The molecule has 0 bridgehead atoms.